The third-order valence-corrected chi connectivity index (χ3v) is 4.73. The predicted molar refractivity (Wildman–Crippen MR) is 122 cm³/mol. The Kier molecular flexibility index (Phi) is 6.08. The Morgan fingerprint density at radius 2 is 1.50 bits per heavy atom. The maximum absolute atomic E-state index is 5.22. The summed E-state index contributed by atoms with van der Waals surface area (Å²) in [6.07, 6.45) is 1.89. The summed E-state index contributed by atoms with van der Waals surface area (Å²) in [5.74, 6) is 8.14. The maximum Gasteiger partial charge on any atom is 0.142 e. The molecule has 30 heavy (non-hydrogen) atoms. The molecule has 3 heteroatoms. The van der Waals surface area contributed by atoms with Crippen molar-refractivity contribution in [2.75, 3.05) is 12.4 Å². The zero-order valence-corrected chi connectivity index (χ0v) is 16.8. The van der Waals surface area contributed by atoms with Crippen LogP contribution in [-0.4, -0.2) is 12.1 Å². The van der Waals surface area contributed by atoms with Crippen LogP contribution in [0.4, 0.5) is 5.82 Å². The molecular formula is C27H22N2O. The van der Waals surface area contributed by atoms with Crippen LogP contribution < -0.4 is 10.1 Å². The lowest BCUT2D eigenvalue weighted by Gasteiger charge is -2.10. The molecular weight excluding hydrogens is 368 g/mol. The van der Waals surface area contributed by atoms with E-state index in [9.17, 15) is 0 Å². The first-order chi connectivity index (χ1) is 14.8. The van der Waals surface area contributed by atoms with Gasteiger partial charge in [0.2, 0.25) is 0 Å². The van der Waals surface area contributed by atoms with Gasteiger partial charge in [-0.25, -0.2) is 4.98 Å². The van der Waals surface area contributed by atoms with Crippen molar-refractivity contribution < 1.29 is 4.74 Å². The Hall–Kier alpha value is -4.03. The van der Waals surface area contributed by atoms with Gasteiger partial charge in [-0.1, -0.05) is 72.5 Å². The summed E-state index contributed by atoms with van der Waals surface area (Å²) in [6, 6.07) is 30.3. The van der Waals surface area contributed by atoms with Crippen LogP contribution in [0.25, 0.3) is 11.1 Å². The van der Waals surface area contributed by atoms with Crippen molar-refractivity contribution in [3.8, 4) is 28.7 Å². The highest BCUT2D eigenvalue weighted by atomic mass is 16.5. The van der Waals surface area contributed by atoms with E-state index in [1.54, 1.807) is 7.11 Å². The van der Waals surface area contributed by atoms with Gasteiger partial charge in [0.1, 0.15) is 11.6 Å². The average Bonchev–Trinajstić information content (AvgIpc) is 2.83. The minimum absolute atomic E-state index is 0.690. The fourth-order valence-electron chi connectivity index (χ4n) is 3.08. The quantitative estimate of drug-likeness (QED) is 0.439. The predicted octanol–water partition coefficient (Wildman–Crippen LogP) is 5.77. The number of aromatic nitrogens is 1. The van der Waals surface area contributed by atoms with E-state index in [2.05, 4.69) is 52.5 Å². The molecule has 0 saturated carbocycles. The number of nitrogens with one attached hydrogen (secondary N) is 1. The Balaban J connectivity index is 1.66. The van der Waals surface area contributed by atoms with Gasteiger partial charge in [0, 0.05) is 23.9 Å². The Morgan fingerprint density at radius 1 is 0.800 bits per heavy atom. The SMILES string of the molecule is COc1ccc(C#Cc2cc(-c3ccccc3)cnc2NCc2ccccc2)cc1. The summed E-state index contributed by atoms with van der Waals surface area (Å²) in [7, 11) is 1.66. The number of nitrogens with zero attached hydrogens (tertiary/aromatic N) is 1. The van der Waals surface area contributed by atoms with Gasteiger partial charge in [-0.2, -0.15) is 0 Å². The van der Waals surface area contributed by atoms with Crippen LogP contribution in [0, 0.1) is 11.8 Å². The fourth-order valence-corrected chi connectivity index (χ4v) is 3.08. The molecule has 1 aromatic heterocycles. The van der Waals surface area contributed by atoms with E-state index in [0.717, 1.165) is 33.8 Å². The lowest BCUT2D eigenvalue weighted by atomic mass is 10.1. The second kappa shape index (κ2) is 9.45. The second-order valence-corrected chi connectivity index (χ2v) is 6.80. The monoisotopic (exact) mass is 390 g/mol. The van der Waals surface area contributed by atoms with Gasteiger partial charge in [0.25, 0.3) is 0 Å². The molecule has 4 aromatic rings. The lowest BCUT2D eigenvalue weighted by molar-refractivity contribution is 0.415. The highest BCUT2D eigenvalue weighted by Crippen LogP contribution is 2.23. The third kappa shape index (κ3) is 4.87. The molecule has 0 atom stereocenters. The minimum atomic E-state index is 0.690. The van der Waals surface area contributed by atoms with Gasteiger partial charge in [0.05, 0.1) is 12.7 Å². The molecule has 1 N–H and O–H groups in total. The summed E-state index contributed by atoms with van der Waals surface area (Å²) in [4.78, 5) is 4.68. The molecule has 3 aromatic carbocycles. The molecule has 0 spiro atoms. The summed E-state index contributed by atoms with van der Waals surface area (Å²) in [5, 5.41) is 3.43. The molecule has 0 fully saturated rings. The normalized spacial score (nSPS) is 10.0. The summed E-state index contributed by atoms with van der Waals surface area (Å²) < 4.78 is 5.22. The van der Waals surface area contributed by atoms with Crippen molar-refractivity contribution in [3.63, 3.8) is 0 Å². The first-order valence-corrected chi connectivity index (χ1v) is 9.81. The molecule has 4 rings (SSSR count). The van der Waals surface area contributed by atoms with Gasteiger partial charge in [0.15, 0.2) is 0 Å². The van der Waals surface area contributed by atoms with Crippen molar-refractivity contribution >= 4 is 5.82 Å². The largest absolute Gasteiger partial charge is 0.497 e. The number of pyridine rings is 1. The van der Waals surface area contributed by atoms with E-state index in [0.29, 0.717) is 6.54 Å². The van der Waals surface area contributed by atoms with Crippen LogP contribution in [0.5, 0.6) is 5.75 Å². The standard InChI is InChI=1S/C27H22N2O/c1-30-26-16-13-21(14-17-26)12-15-24-18-25(23-10-6-3-7-11-23)20-29-27(24)28-19-22-8-4-2-5-9-22/h2-11,13-14,16-18,20H,19H2,1H3,(H,28,29). The molecule has 0 aliphatic rings. The van der Waals surface area contributed by atoms with Crippen LogP contribution in [0.2, 0.25) is 0 Å². The summed E-state index contributed by atoms with van der Waals surface area (Å²) in [5.41, 5.74) is 5.14. The van der Waals surface area contributed by atoms with E-state index in [-0.39, 0.29) is 0 Å². The molecule has 0 saturated heterocycles. The van der Waals surface area contributed by atoms with E-state index in [1.807, 2.05) is 66.9 Å². The molecule has 0 aliphatic carbocycles. The van der Waals surface area contributed by atoms with E-state index < -0.39 is 0 Å². The number of hydrogen-bond donors (Lipinski definition) is 1. The molecule has 146 valence electrons. The van der Waals surface area contributed by atoms with Crippen LogP contribution in [0.3, 0.4) is 0 Å². The number of anilines is 1. The number of methoxy groups -OCH3 is 1. The van der Waals surface area contributed by atoms with Crippen molar-refractivity contribution in [3.05, 3.63) is 114 Å². The maximum atomic E-state index is 5.22. The first kappa shape index (κ1) is 19.3. The van der Waals surface area contributed by atoms with E-state index in [4.69, 9.17) is 4.74 Å². The Labute approximate surface area is 177 Å². The highest BCUT2D eigenvalue weighted by Gasteiger charge is 2.06. The minimum Gasteiger partial charge on any atom is -0.497 e. The summed E-state index contributed by atoms with van der Waals surface area (Å²) in [6.45, 7) is 0.690. The zero-order chi connectivity index (χ0) is 20.6. The zero-order valence-electron chi connectivity index (χ0n) is 16.8. The second-order valence-electron chi connectivity index (χ2n) is 6.80. The molecule has 0 amide bonds. The molecule has 0 unspecified atom stereocenters. The third-order valence-electron chi connectivity index (χ3n) is 4.73. The van der Waals surface area contributed by atoms with Gasteiger partial charge in [-0.3, -0.25) is 0 Å². The average molecular weight is 390 g/mol. The lowest BCUT2D eigenvalue weighted by Crippen LogP contribution is -2.03. The van der Waals surface area contributed by atoms with Crippen molar-refractivity contribution in [2.45, 2.75) is 6.54 Å². The van der Waals surface area contributed by atoms with E-state index >= 15 is 0 Å². The molecule has 0 bridgehead atoms. The van der Waals surface area contributed by atoms with Gasteiger partial charge in [-0.15, -0.1) is 0 Å². The molecule has 0 aliphatic heterocycles. The number of rotatable bonds is 5. The highest BCUT2D eigenvalue weighted by molar-refractivity contribution is 5.68. The smallest absolute Gasteiger partial charge is 0.142 e. The van der Waals surface area contributed by atoms with Gasteiger partial charge in [-0.05, 0) is 41.5 Å². The number of ether oxygens (including phenoxy) is 1. The molecule has 3 nitrogen and oxygen atoms in total. The molecule has 0 radical (unpaired) electrons. The van der Waals surface area contributed by atoms with Crippen LogP contribution in [0.15, 0.2) is 97.2 Å². The van der Waals surface area contributed by atoms with Gasteiger partial charge >= 0.3 is 0 Å². The fraction of sp³-hybridized carbons (Fsp3) is 0.0741. The topological polar surface area (TPSA) is 34.1 Å². The molecule has 1 heterocycles. The first-order valence-electron chi connectivity index (χ1n) is 9.81. The Morgan fingerprint density at radius 3 is 2.20 bits per heavy atom. The van der Waals surface area contributed by atoms with Crippen molar-refractivity contribution in [1.82, 2.24) is 4.98 Å². The Bertz CT molecular complexity index is 1160. The van der Waals surface area contributed by atoms with Crippen molar-refractivity contribution in [1.29, 1.82) is 0 Å². The number of benzene rings is 3. The van der Waals surface area contributed by atoms with Crippen molar-refractivity contribution in [2.24, 2.45) is 0 Å². The van der Waals surface area contributed by atoms with Crippen LogP contribution >= 0.6 is 0 Å². The van der Waals surface area contributed by atoms with Crippen LogP contribution in [0.1, 0.15) is 16.7 Å². The van der Waals surface area contributed by atoms with Gasteiger partial charge < -0.3 is 10.1 Å². The summed E-state index contributed by atoms with van der Waals surface area (Å²) >= 11 is 0. The van der Waals surface area contributed by atoms with Crippen LogP contribution in [-0.2, 0) is 6.54 Å². The number of hydrogen-bond acceptors (Lipinski definition) is 3. The van der Waals surface area contributed by atoms with E-state index in [1.165, 1.54) is 5.56 Å².